The van der Waals surface area contributed by atoms with Crippen molar-refractivity contribution in [2.45, 2.75) is 44.7 Å². The lowest BCUT2D eigenvalue weighted by Gasteiger charge is -2.64. The van der Waals surface area contributed by atoms with Gasteiger partial charge in [-0.1, -0.05) is 18.2 Å². The van der Waals surface area contributed by atoms with Crippen LogP contribution in [0.2, 0.25) is 0 Å². The molecule has 2 aromatic carbocycles. The molecule has 3 aromatic rings. The minimum Gasteiger partial charge on any atom is -0.478 e. The molecule has 4 aliphatic rings. The Balaban J connectivity index is 1.50. The molecule has 2 bridgehead atoms. The number of hydrogen-bond acceptors (Lipinski definition) is 2. The summed E-state index contributed by atoms with van der Waals surface area (Å²) in [6, 6.07) is 10.1. The number of benzene rings is 2. The maximum Gasteiger partial charge on any atom is 0.328 e. The Morgan fingerprint density at radius 3 is 2.55 bits per heavy atom. The van der Waals surface area contributed by atoms with Crippen LogP contribution in [-0.4, -0.2) is 33.5 Å². The highest BCUT2D eigenvalue weighted by Gasteiger charge is 2.58. The molecule has 1 aliphatic heterocycles. The first-order chi connectivity index (χ1) is 15.8. The molecule has 7 rings (SSSR count). The van der Waals surface area contributed by atoms with E-state index in [9.17, 15) is 4.79 Å². The summed E-state index contributed by atoms with van der Waals surface area (Å²) in [7, 11) is 0. The normalized spacial score (nSPS) is 28.5. The maximum absolute atomic E-state index is 15.5. The van der Waals surface area contributed by atoms with Crippen LogP contribution in [0.3, 0.4) is 0 Å². The fourth-order valence-corrected chi connectivity index (χ4v) is 6.43. The van der Waals surface area contributed by atoms with Gasteiger partial charge in [-0.2, -0.15) is 0 Å². The number of aromatic nitrogens is 1. The number of fused-ring (bicyclic) bond motifs is 3. The summed E-state index contributed by atoms with van der Waals surface area (Å²) >= 11 is 0. The molecule has 6 heteroatoms. The van der Waals surface area contributed by atoms with E-state index < -0.39 is 23.6 Å². The summed E-state index contributed by atoms with van der Waals surface area (Å²) in [6.07, 6.45) is 6.58. The van der Waals surface area contributed by atoms with E-state index in [2.05, 4.69) is 22.9 Å². The van der Waals surface area contributed by atoms with E-state index in [0.717, 1.165) is 47.1 Å². The number of para-hydroxylation sites is 1. The van der Waals surface area contributed by atoms with Gasteiger partial charge in [-0.3, -0.25) is 4.90 Å². The first-order valence-electron chi connectivity index (χ1n) is 11.6. The Morgan fingerprint density at radius 2 is 1.91 bits per heavy atom. The van der Waals surface area contributed by atoms with Gasteiger partial charge < -0.3 is 10.1 Å². The molecule has 0 amide bonds. The molecule has 2 N–H and O–H groups in total. The summed E-state index contributed by atoms with van der Waals surface area (Å²) in [5.74, 6) is -1.62. The summed E-state index contributed by atoms with van der Waals surface area (Å²) < 4.78 is 31.1. The maximum atomic E-state index is 15.5. The van der Waals surface area contributed by atoms with Crippen LogP contribution in [-0.2, 0) is 11.2 Å². The molecule has 3 saturated carbocycles. The van der Waals surface area contributed by atoms with Crippen LogP contribution in [0.25, 0.3) is 17.0 Å². The van der Waals surface area contributed by atoms with E-state index >= 15 is 8.78 Å². The topological polar surface area (TPSA) is 56.3 Å². The third-order valence-electron chi connectivity index (χ3n) is 7.99. The van der Waals surface area contributed by atoms with Gasteiger partial charge in [0.2, 0.25) is 0 Å². The zero-order valence-corrected chi connectivity index (χ0v) is 18.4. The van der Waals surface area contributed by atoms with Crippen molar-refractivity contribution in [3.05, 3.63) is 76.5 Å². The lowest BCUT2D eigenvalue weighted by Crippen LogP contribution is -2.60. The van der Waals surface area contributed by atoms with Gasteiger partial charge >= 0.3 is 5.97 Å². The zero-order chi connectivity index (χ0) is 22.9. The number of halogens is 2. The van der Waals surface area contributed by atoms with Gasteiger partial charge in [-0.15, -0.1) is 0 Å². The van der Waals surface area contributed by atoms with Crippen molar-refractivity contribution >= 4 is 22.9 Å². The molecule has 1 aromatic heterocycles. The van der Waals surface area contributed by atoms with Gasteiger partial charge in [0.05, 0.1) is 6.04 Å². The minimum absolute atomic E-state index is 0.0356. The molecule has 0 radical (unpaired) electrons. The Kier molecular flexibility index (Phi) is 4.53. The van der Waals surface area contributed by atoms with Crippen molar-refractivity contribution in [2.24, 2.45) is 11.3 Å². The molecule has 3 fully saturated rings. The molecule has 2 heterocycles. The van der Waals surface area contributed by atoms with Crippen molar-refractivity contribution < 1.29 is 18.7 Å². The number of aliphatic carboxylic acids is 1. The Morgan fingerprint density at radius 1 is 1.21 bits per heavy atom. The van der Waals surface area contributed by atoms with Crippen LogP contribution in [0.4, 0.5) is 8.78 Å². The average molecular weight is 449 g/mol. The van der Waals surface area contributed by atoms with Crippen LogP contribution >= 0.6 is 0 Å². The van der Waals surface area contributed by atoms with Crippen molar-refractivity contribution in [2.75, 3.05) is 6.54 Å². The predicted molar refractivity (Wildman–Crippen MR) is 123 cm³/mol. The van der Waals surface area contributed by atoms with Gasteiger partial charge in [0.15, 0.2) is 0 Å². The average Bonchev–Trinajstić information content (AvgIpc) is 3.07. The number of H-pyrrole nitrogens is 1. The molecule has 1 unspecified atom stereocenters. The van der Waals surface area contributed by atoms with Crippen molar-refractivity contribution in [1.82, 2.24) is 9.88 Å². The zero-order valence-electron chi connectivity index (χ0n) is 18.4. The minimum atomic E-state index is -1.16. The lowest BCUT2D eigenvalue weighted by molar-refractivity contribution is -0.135. The predicted octanol–water partition coefficient (Wildman–Crippen LogP) is 5.68. The standard InChI is InChI=1S/C27H26F2N2O2/c1-15-8-19-18-4-2-3-5-22(18)30-25(19)26(31(15)14-27-11-17(12-27)13-27)24-20(28)9-16(10-21(24)29)6-7-23(32)33/h2-7,9-10,15,17,26,30H,8,11-14H2,1H3,(H,32,33)/b7-6+/t15?,17?,26-,27?/m1/s1. The van der Waals surface area contributed by atoms with E-state index in [0.29, 0.717) is 0 Å². The first-order valence-corrected chi connectivity index (χ1v) is 11.6. The second-order valence-electron chi connectivity index (χ2n) is 10.2. The van der Waals surface area contributed by atoms with Crippen LogP contribution in [0.1, 0.15) is 54.6 Å². The van der Waals surface area contributed by atoms with E-state index in [1.54, 1.807) is 0 Å². The van der Waals surface area contributed by atoms with Gasteiger partial charge in [-0.25, -0.2) is 13.6 Å². The summed E-state index contributed by atoms with van der Waals surface area (Å²) in [5, 5.41) is 9.98. The van der Waals surface area contributed by atoms with Crippen molar-refractivity contribution in [3.8, 4) is 0 Å². The van der Waals surface area contributed by atoms with Crippen molar-refractivity contribution in [1.29, 1.82) is 0 Å². The second-order valence-corrected chi connectivity index (χ2v) is 10.2. The van der Waals surface area contributed by atoms with E-state index in [-0.39, 0.29) is 22.6 Å². The highest BCUT2D eigenvalue weighted by Crippen LogP contribution is 2.65. The second kappa shape index (κ2) is 7.26. The molecule has 170 valence electrons. The van der Waals surface area contributed by atoms with E-state index in [1.807, 2.05) is 18.2 Å². The monoisotopic (exact) mass is 448 g/mol. The Hall–Kier alpha value is -2.99. The lowest BCUT2D eigenvalue weighted by atomic mass is 9.44. The SMILES string of the molecule is CC1Cc2c([nH]c3ccccc23)[C@@H](c2c(F)cc(/C=C/C(=O)O)cc2F)N1CC12CC(C1)C2. The molecule has 0 spiro atoms. The molecule has 33 heavy (non-hydrogen) atoms. The fourth-order valence-electron chi connectivity index (χ4n) is 6.43. The van der Waals surface area contributed by atoms with Gasteiger partial charge in [0, 0.05) is 40.8 Å². The Bertz CT molecular complexity index is 1270. The van der Waals surface area contributed by atoms with Crippen LogP contribution in [0.5, 0.6) is 0 Å². The third kappa shape index (κ3) is 3.22. The first kappa shape index (κ1) is 20.6. The summed E-state index contributed by atoms with van der Waals surface area (Å²) in [4.78, 5) is 16.6. The van der Waals surface area contributed by atoms with Gasteiger partial charge in [0.25, 0.3) is 0 Å². The quantitative estimate of drug-likeness (QED) is 0.494. The van der Waals surface area contributed by atoms with Crippen LogP contribution < -0.4 is 0 Å². The Labute approximate surface area is 190 Å². The third-order valence-corrected chi connectivity index (χ3v) is 7.99. The molecular formula is C27H26F2N2O2. The smallest absolute Gasteiger partial charge is 0.328 e. The van der Waals surface area contributed by atoms with Gasteiger partial charge in [0.1, 0.15) is 11.6 Å². The number of nitrogens with one attached hydrogen (secondary N) is 1. The number of carboxylic acids is 1. The highest BCUT2D eigenvalue weighted by molar-refractivity contribution is 5.86. The highest BCUT2D eigenvalue weighted by atomic mass is 19.1. The van der Waals surface area contributed by atoms with Gasteiger partial charge in [-0.05, 0) is 79.3 Å². The summed E-state index contributed by atoms with van der Waals surface area (Å²) in [5.41, 5.74) is 3.50. The number of carbonyl (C=O) groups is 1. The fraction of sp³-hybridized carbons (Fsp3) is 0.370. The number of rotatable bonds is 5. The number of carboxylic acid groups (broad SMARTS) is 1. The number of nitrogens with zero attached hydrogens (tertiary/aromatic N) is 1. The molecular weight excluding hydrogens is 422 g/mol. The van der Waals surface area contributed by atoms with Crippen LogP contribution in [0.15, 0.2) is 42.5 Å². The number of hydrogen-bond donors (Lipinski definition) is 2. The molecule has 3 aliphatic carbocycles. The van der Waals surface area contributed by atoms with Crippen molar-refractivity contribution in [3.63, 3.8) is 0 Å². The molecule has 0 saturated heterocycles. The molecule has 4 nitrogen and oxygen atoms in total. The van der Waals surface area contributed by atoms with E-state index in [4.69, 9.17) is 5.11 Å². The summed E-state index contributed by atoms with van der Waals surface area (Å²) in [6.45, 7) is 2.99. The number of aromatic amines is 1. The van der Waals surface area contributed by atoms with E-state index in [1.165, 1.54) is 37.5 Å². The largest absolute Gasteiger partial charge is 0.478 e. The van der Waals surface area contributed by atoms with Crippen LogP contribution in [0, 0.1) is 23.0 Å². The molecule has 2 atom stereocenters.